The number of allylic oxidation sites excluding steroid dienone is 2. The second-order valence-corrected chi connectivity index (χ2v) is 18.3. The van der Waals surface area contributed by atoms with Crippen molar-refractivity contribution in [3.8, 4) is 0 Å². The second-order valence-electron chi connectivity index (χ2n) is 18.3. The van der Waals surface area contributed by atoms with Gasteiger partial charge in [0.05, 0.1) is 24.0 Å². The number of rotatable bonds is 15. The Morgan fingerprint density at radius 3 is 2.03 bits per heavy atom. The Kier molecular flexibility index (Phi) is 24.7. The van der Waals surface area contributed by atoms with E-state index in [0.717, 1.165) is 10.5 Å². The van der Waals surface area contributed by atoms with Gasteiger partial charge in [-0.25, -0.2) is 9.59 Å². The van der Waals surface area contributed by atoms with Crippen LogP contribution in [0.3, 0.4) is 0 Å². The summed E-state index contributed by atoms with van der Waals surface area (Å²) in [6, 6.07) is 0.998. The van der Waals surface area contributed by atoms with Crippen molar-refractivity contribution in [3.05, 3.63) is 72.0 Å². The fourth-order valence-electron chi connectivity index (χ4n) is 7.46. The average molecular weight is 995 g/mol. The monoisotopic (exact) mass is 995 g/mol. The zero-order valence-electron chi connectivity index (χ0n) is 42.2. The maximum absolute atomic E-state index is 14.4. The number of carboxylic acid groups (broad SMARTS) is 2. The lowest BCUT2D eigenvalue weighted by molar-refractivity contribution is -0.146. The van der Waals surface area contributed by atoms with Crippen molar-refractivity contribution in [1.29, 1.82) is 0 Å². The first-order valence-electron chi connectivity index (χ1n) is 23.5. The van der Waals surface area contributed by atoms with Crippen molar-refractivity contribution in [2.45, 2.75) is 129 Å². The Hall–Kier alpha value is -7.10. The molecular weight excluding hydrogens is 921 g/mol. The Labute approximate surface area is 415 Å². The number of aliphatic imine (C=N–C) groups is 1. The summed E-state index contributed by atoms with van der Waals surface area (Å²) in [4.78, 5) is 126. The van der Waals surface area contributed by atoms with Crippen molar-refractivity contribution in [1.82, 2.24) is 36.8 Å². The average Bonchev–Trinajstić information content (AvgIpc) is 3.31. The highest BCUT2D eigenvalue weighted by Gasteiger charge is 2.37. The normalized spacial score (nSPS) is 25.3. The van der Waals surface area contributed by atoms with E-state index < -0.39 is 120 Å². The van der Waals surface area contributed by atoms with Gasteiger partial charge >= 0.3 is 11.9 Å². The number of likely N-dealkylation sites (N-methyl/N-ethyl adjacent to an activating group) is 1. The number of guanidine groups is 1. The Morgan fingerprint density at radius 2 is 1.45 bits per heavy atom. The third kappa shape index (κ3) is 20.0. The van der Waals surface area contributed by atoms with Crippen LogP contribution in [0.25, 0.3) is 0 Å². The smallest absolute Gasteiger partial charge is 0.327 e. The predicted molar refractivity (Wildman–Crippen MR) is 264 cm³/mol. The van der Waals surface area contributed by atoms with Crippen LogP contribution in [0, 0.1) is 23.7 Å². The number of nitrogens with one attached hydrogen (secondary N) is 6. The van der Waals surface area contributed by atoms with Crippen LogP contribution >= 0.6 is 0 Å². The van der Waals surface area contributed by atoms with Gasteiger partial charge in [0.2, 0.25) is 35.4 Å². The molecule has 1 aliphatic heterocycles. The molecule has 10 atom stereocenters. The van der Waals surface area contributed by atoms with Gasteiger partial charge in [-0.05, 0) is 57.4 Å². The van der Waals surface area contributed by atoms with Crippen LogP contribution in [-0.4, -0.2) is 137 Å². The van der Waals surface area contributed by atoms with E-state index in [4.69, 9.17) is 16.2 Å². The highest BCUT2D eigenvalue weighted by atomic mass is 16.5. The molecule has 0 spiro atoms. The number of carbonyl (C=O) groups is 9. The number of carbonyl (C=O) groups excluding carboxylic acids is 7. The Bertz CT molecular complexity index is 2160. The highest BCUT2D eigenvalue weighted by Crippen LogP contribution is 2.19. The van der Waals surface area contributed by atoms with Gasteiger partial charge in [0.1, 0.15) is 35.9 Å². The van der Waals surface area contributed by atoms with Crippen LogP contribution in [0.4, 0.5) is 0 Å². The summed E-state index contributed by atoms with van der Waals surface area (Å²) in [6.45, 7) is 14.9. The molecule has 7 amide bonds. The minimum absolute atomic E-state index is 0.00610. The molecule has 1 heterocycles. The van der Waals surface area contributed by atoms with E-state index in [0.29, 0.717) is 12.0 Å². The number of benzene rings is 1. The van der Waals surface area contributed by atoms with Crippen molar-refractivity contribution in [2.75, 3.05) is 20.7 Å². The van der Waals surface area contributed by atoms with Crippen LogP contribution in [0.2, 0.25) is 0 Å². The Balaban J connectivity index is 2.73. The zero-order valence-corrected chi connectivity index (χ0v) is 42.2. The van der Waals surface area contributed by atoms with E-state index >= 15 is 0 Å². The number of nitrogens with zero attached hydrogens (tertiary/aromatic N) is 2. The third-order valence-corrected chi connectivity index (χ3v) is 12.0. The molecule has 22 heteroatoms. The van der Waals surface area contributed by atoms with Gasteiger partial charge in [0, 0.05) is 33.0 Å². The molecule has 0 radical (unpaired) electrons. The molecule has 71 heavy (non-hydrogen) atoms. The van der Waals surface area contributed by atoms with E-state index in [1.165, 1.54) is 33.9 Å². The van der Waals surface area contributed by atoms with E-state index in [2.05, 4.69) is 43.5 Å². The maximum atomic E-state index is 14.4. The number of ether oxygens (including phenoxy) is 1. The summed E-state index contributed by atoms with van der Waals surface area (Å²) in [5.74, 6) is -12.6. The lowest BCUT2D eigenvalue weighted by Crippen LogP contribution is -2.59. The maximum Gasteiger partial charge on any atom is 0.327 e. The van der Waals surface area contributed by atoms with Crippen LogP contribution in [0.15, 0.2) is 71.4 Å². The van der Waals surface area contributed by atoms with E-state index in [9.17, 15) is 53.4 Å². The number of aliphatic carboxylic acids is 2. The fraction of sp³-hybridized carbons (Fsp3) is 0.551. The molecule has 1 saturated heterocycles. The molecular formula is C49H74N10O12. The van der Waals surface area contributed by atoms with Crippen LogP contribution < -0.4 is 43.4 Å². The van der Waals surface area contributed by atoms with Crippen LogP contribution in [-0.2, 0) is 54.3 Å². The number of hydrogen-bond acceptors (Lipinski definition) is 11. The summed E-state index contributed by atoms with van der Waals surface area (Å²) >= 11 is 0. The lowest BCUT2D eigenvalue weighted by atomic mass is 9.94. The molecule has 22 nitrogen and oxygen atoms in total. The molecule has 0 aliphatic carbocycles. The van der Waals surface area contributed by atoms with E-state index in [1.807, 2.05) is 43.3 Å². The third-order valence-electron chi connectivity index (χ3n) is 12.0. The minimum Gasteiger partial charge on any atom is -0.480 e. The molecule has 12 N–H and O–H groups in total. The number of nitrogens with two attached hydrogens (primary N) is 2. The van der Waals surface area contributed by atoms with Gasteiger partial charge in [0.25, 0.3) is 5.91 Å². The van der Waals surface area contributed by atoms with Gasteiger partial charge < -0.3 is 63.2 Å². The van der Waals surface area contributed by atoms with Gasteiger partial charge in [0.15, 0.2) is 5.96 Å². The number of methoxy groups -OCH3 is 1. The van der Waals surface area contributed by atoms with Crippen molar-refractivity contribution in [2.24, 2.45) is 40.1 Å². The van der Waals surface area contributed by atoms with Gasteiger partial charge in [-0.1, -0.05) is 95.3 Å². The summed E-state index contributed by atoms with van der Waals surface area (Å²) in [5, 5.41) is 35.5. The van der Waals surface area contributed by atoms with Gasteiger partial charge in [-0.2, -0.15) is 0 Å². The van der Waals surface area contributed by atoms with E-state index in [1.54, 1.807) is 34.0 Å². The molecule has 2 rings (SSSR count). The van der Waals surface area contributed by atoms with Crippen molar-refractivity contribution < 1.29 is 58.1 Å². The van der Waals surface area contributed by atoms with Crippen LogP contribution in [0.1, 0.15) is 86.1 Å². The second kappa shape index (κ2) is 29.2. The first kappa shape index (κ1) is 60.0. The fourth-order valence-corrected chi connectivity index (χ4v) is 7.46. The van der Waals surface area contributed by atoms with Gasteiger partial charge in [-0.3, -0.25) is 38.6 Å². The van der Waals surface area contributed by atoms with Crippen LogP contribution in [0.5, 0.6) is 0 Å². The molecule has 1 aromatic rings. The molecule has 1 fully saturated rings. The largest absolute Gasteiger partial charge is 0.480 e. The predicted octanol–water partition coefficient (Wildman–Crippen LogP) is 0.618. The first-order chi connectivity index (χ1) is 33.3. The molecule has 0 saturated carbocycles. The minimum atomic E-state index is -1.88. The first-order valence-corrected chi connectivity index (χ1v) is 23.5. The summed E-state index contributed by atoms with van der Waals surface area (Å²) in [7, 11) is 2.82. The standard InChI is InChI=1S/C49H74N10O12/c1-26(2)23-37-46(66)58-40(48(69)70)30(6)42(62)55-35(17-14-22-52-49(50)51)45(65)54-34(19-18-27(3)24-28(4)38(71-10)25-33-15-12-11-13-16-33)29(5)41(61)56-36(47(67)68)20-21-39(60)59(9)32(8)44(64)53-31(7)43(63)57-37/h11-13,15-16,18-19,24,26,28-31,34-38,40H,8,14,17,20-23,25H2,1-7,9-10H3,(H,53,64)(H,54,65)(H,55,62)(H,56,61)(H,57,63)(H,58,66)(H,67,68)(H,69,70)(H4,50,51,52)/b19-18+,27-24+/t28-,29-,30-,31+,34-,35-,36+,37-,38-,40+/m1/s1. The molecule has 0 bridgehead atoms. The molecule has 0 unspecified atom stereocenters. The summed E-state index contributed by atoms with van der Waals surface area (Å²) < 4.78 is 5.81. The number of carboxylic acids is 2. The van der Waals surface area contributed by atoms with E-state index in [-0.39, 0.29) is 49.7 Å². The number of amides is 7. The molecule has 392 valence electrons. The highest BCUT2D eigenvalue weighted by molar-refractivity contribution is 6.00. The Morgan fingerprint density at radius 1 is 0.845 bits per heavy atom. The SMILES string of the molecule is C=C1C(=O)N[C@@H](C)C(=O)N[C@H](CC(C)C)C(=O)N[C@H](C(=O)O)[C@@H](C)C(=O)N[C@H](CCCN=C(N)N)C(=O)N[C@H](/C=C/C(C)=C/[C@@H](C)[C@@H](Cc2ccccc2)OC)[C@@H](C)C(=O)N[C@H](C(=O)O)CCC(=O)N1C. The number of hydrogen-bond donors (Lipinski definition) is 10. The molecule has 1 aromatic carbocycles. The summed E-state index contributed by atoms with van der Waals surface area (Å²) in [6.07, 6.45) is 4.64. The zero-order chi connectivity index (χ0) is 53.7. The summed E-state index contributed by atoms with van der Waals surface area (Å²) in [5.41, 5.74) is 12.4. The lowest BCUT2D eigenvalue weighted by Gasteiger charge is -2.28. The molecule has 1 aliphatic rings. The van der Waals surface area contributed by atoms with Gasteiger partial charge in [-0.15, -0.1) is 0 Å². The quantitative estimate of drug-likeness (QED) is 0.0379. The van der Waals surface area contributed by atoms with Crippen molar-refractivity contribution >= 4 is 59.2 Å². The topological polar surface area (TPSA) is 343 Å². The molecule has 0 aromatic heterocycles. The van der Waals surface area contributed by atoms with Crippen molar-refractivity contribution in [3.63, 3.8) is 0 Å².